The number of nitrogens with zero attached hydrogens (tertiary/aromatic N) is 5. The summed E-state index contributed by atoms with van der Waals surface area (Å²) in [4.78, 5) is 0. The highest BCUT2D eigenvalue weighted by molar-refractivity contribution is 6.33. The van der Waals surface area contributed by atoms with Crippen LogP contribution < -0.4 is 5.32 Å². The van der Waals surface area contributed by atoms with Crippen molar-refractivity contribution in [2.75, 3.05) is 5.32 Å². The molecular formula is C8H8Cl2N6. The Bertz CT molecular complexity index is 497. The molecule has 2 aromatic heterocycles. The third-order valence-electron chi connectivity index (χ3n) is 1.96. The largest absolute Gasteiger partial charge is 0.375 e. The second kappa shape index (κ2) is 4.63. The summed E-state index contributed by atoms with van der Waals surface area (Å²) in [7, 11) is 1.86. The first-order chi connectivity index (χ1) is 7.66. The molecule has 0 spiro atoms. The Morgan fingerprint density at radius 2 is 2.12 bits per heavy atom. The van der Waals surface area contributed by atoms with Gasteiger partial charge in [0.2, 0.25) is 0 Å². The number of anilines is 1. The quantitative estimate of drug-likeness (QED) is 0.905. The maximum Gasteiger partial charge on any atom is 0.174 e. The van der Waals surface area contributed by atoms with E-state index in [9.17, 15) is 0 Å². The van der Waals surface area contributed by atoms with E-state index < -0.39 is 0 Å². The van der Waals surface area contributed by atoms with Crippen LogP contribution in [0, 0.1) is 0 Å². The van der Waals surface area contributed by atoms with Gasteiger partial charge in [0, 0.05) is 13.1 Å². The summed E-state index contributed by atoms with van der Waals surface area (Å²) in [5.41, 5.74) is 0.615. The predicted molar refractivity (Wildman–Crippen MR) is 60.4 cm³/mol. The number of aromatic nitrogens is 5. The minimum atomic E-state index is 0.270. The Labute approximate surface area is 102 Å². The Morgan fingerprint density at radius 3 is 2.81 bits per heavy atom. The molecule has 2 aromatic rings. The van der Waals surface area contributed by atoms with Crippen molar-refractivity contribution < 1.29 is 0 Å². The van der Waals surface area contributed by atoms with Gasteiger partial charge in [-0.15, -0.1) is 20.4 Å². The highest BCUT2D eigenvalue weighted by Crippen LogP contribution is 2.21. The monoisotopic (exact) mass is 258 g/mol. The van der Waals surface area contributed by atoms with E-state index in [-0.39, 0.29) is 10.3 Å². The summed E-state index contributed by atoms with van der Waals surface area (Å²) in [6, 6.07) is 1.60. The molecule has 0 unspecified atom stereocenters. The lowest BCUT2D eigenvalue weighted by Crippen LogP contribution is -2.06. The lowest BCUT2D eigenvalue weighted by atomic mass is 10.4. The van der Waals surface area contributed by atoms with Gasteiger partial charge in [-0.25, -0.2) is 0 Å². The number of halogens is 2. The Balaban J connectivity index is 2.10. The van der Waals surface area contributed by atoms with Crippen LogP contribution in [0.3, 0.4) is 0 Å². The van der Waals surface area contributed by atoms with Crippen molar-refractivity contribution in [2.45, 2.75) is 6.54 Å². The second-order valence-corrected chi connectivity index (χ2v) is 3.83. The molecule has 84 valence electrons. The minimum absolute atomic E-state index is 0.270. The van der Waals surface area contributed by atoms with Gasteiger partial charge in [-0.3, -0.25) is 0 Å². The standard InChI is InChI=1S/C8H8Cl2N6/c1-16-4-12-14-7(16)3-11-5-2-6(9)13-15-8(5)10/h2,4H,3H2,1H3,(H,11,13). The molecule has 2 heterocycles. The lowest BCUT2D eigenvalue weighted by Gasteiger charge is -2.06. The topological polar surface area (TPSA) is 68.5 Å². The SMILES string of the molecule is Cn1cnnc1CNc1cc(Cl)nnc1Cl. The first kappa shape index (κ1) is 11.1. The summed E-state index contributed by atoms with van der Waals surface area (Å²) in [6.07, 6.45) is 1.62. The molecule has 16 heavy (non-hydrogen) atoms. The summed E-state index contributed by atoms with van der Waals surface area (Å²) >= 11 is 11.5. The van der Waals surface area contributed by atoms with Gasteiger partial charge in [0.1, 0.15) is 6.33 Å². The van der Waals surface area contributed by atoms with Crippen molar-refractivity contribution in [3.05, 3.63) is 28.5 Å². The Morgan fingerprint density at radius 1 is 1.31 bits per heavy atom. The van der Waals surface area contributed by atoms with E-state index in [0.717, 1.165) is 5.82 Å². The van der Waals surface area contributed by atoms with Crippen LogP contribution in [0.25, 0.3) is 0 Å². The number of hydrogen-bond acceptors (Lipinski definition) is 5. The van der Waals surface area contributed by atoms with E-state index in [4.69, 9.17) is 23.2 Å². The van der Waals surface area contributed by atoms with Crippen molar-refractivity contribution in [1.82, 2.24) is 25.0 Å². The lowest BCUT2D eigenvalue weighted by molar-refractivity contribution is 0.811. The van der Waals surface area contributed by atoms with E-state index in [1.54, 1.807) is 17.0 Å². The molecule has 0 aliphatic carbocycles. The minimum Gasteiger partial charge on any atom is -0.375 e. The maximum absolute atomic E-state index is 5.84. The zero-order chi connectivity index (χ0) is 11.5. The zero-order valence-electron chi connectivity index (χ0n) is 8.35. The van der Waals surface area contributed by atoms with E-state index in [2.05, 4.69) is 25.7 Å². The van der Waals surface area contributed by atoms with Crippen molar-refractivity contribution in [3.63, 3.8) is 0 Å². The highest BCUT2D eigenvalue weighted by Gasteiger charge is 2.05. The fourth-order valence-corrected chi connectivity index (χ4v) is 1.42. The maximum atomic E-state index is 5.84. The third-order valence-corrected chi connectivity index (χ3v) is 2.43. The second-order valence-electron chi connectivity index (χ2n) is 3.08. The van der Waals surface area contributed by atoms with Crippen LogP contribution in [-0.2, 0) is 13.6 Å². The molecule has 6 nitrogen and oxygen atoms in total. The van der Waals surface area contributed by atoms with Crippen LogP contribution in [0.5, 0.6) is 0 Å². The molecule has 2 rings (SSSR count). The van der Waals surface area contributed by atoms with Gasteiger partial charge in [-0.1, -0.05) is 23.2 Å². The molecule has 0 saturated carbocycles. The van der Waals surface area contributed by atoms with Gasteiger partial charge in [-0.2, -0.15) is 0 Å². The first-order valence-electron chi connectivity index (χ1n) is 4.42. The summed E-state index contributed by atoms with van der Waals surface area (Å²) in [5.74, 6) is 0.781. The van der Waals surface area contributed by atoms with Crippen molar-refractivity contribution in [1.29, 1.82) is 0 Å². The van der Waals surface area contributed by atoms with Crippen LogP contribution in [0.15, 0.2) is 12.4 Å². The molecule has 0 fully saturated rings. The number of hydrogen-bond donors (Lipinski definition) is 1. The molecule has 0 aromatic carbocycles. The molecular weight excluding hydrogens is 251 g/mol. The Hall–Kier alpha value is -1.40. The fraction of sp³-hybridized carbons (Fsp3) is 0.250. The van der Waals surface area contributed by atoms with E-state index in [1.807, 2.05) is 7.05 Å². The molecule has 0 bridgehead atoms. The summed E-state index contributed by atoms with van der Waals surface area (Å²) in [5, 5.41) is 18.6. The van der Waals surface area contributed by atoms with Gasteiger partial charge in [-0.05, 0) is 0 Å². The molecule has 0 saturated heterocycles. The number of rotatable bonds is 3. The van der Waals surface area contributed by atoms with Crippen LogP contribution in [0.1, 0.15) is 5.82 Å². The van der Waals surface area contributed by atoms with Gasteiger partial charge in [0.15, 0.2) is 16.1 Å². The van der Waals surface area contributed by atoms with Crippen LogP contribution in [0.4, 0.5) is 5.69 Å². The summed E-state index contributed by atoms with van der Waals surface area (Å²) < 4.78 is 1.80. The molecule has 1 N–H and O–H groups in total. The zero-order valence-corrected chi connectivity index (χ0v) is 9.87. The van der Waals surface area contributed by atoms with Gasteiger partial charge in [0.25, 0.3) is 0 Å². The van der Waals surface area contributed by atoms with E-state index >= 15 is 0 Å². The number of aryl methyl sites for hydroxylation is 1. The van der Waals surface area contributed by atoms with Crippen LogP contribution in [0.2, 0.25) is 10.3 Å². The summed E-state index contributed by atoms with van der Waals surface area (Å²) in [6.45, 7) is 0.484. The van der Waals surface area contributed by atoms with Gasteiger partial charge >= 0.3 is 0 Å². The molecule has 0 radical (unpaired) electrons. The van der Waals surface area contributed by atoms with Crippen molar-refractivity contribution >= 4 is 28.9 Å². The average Bonchev–Trinajstić information content (AvgIpc) is 2.66. The van der Waals surface area contributed by atoms with E-state index in [1.165, 1.54) is 0 Å². The molecule has 0 amide bonds. The predicted octanol–water partition coefficient (Wildman–Crippen LogP) is 1.52. The van der Waals surface area contributed by atoms with Gasteiger partial charge < -0.3 is 9.88 Å². The number of nitrogens with one attached hydrogen (secondary N) is 1. The normalized spacial score (nSPS) is 10.4. The smallest absolute Gasteiger partial charge is 0.174 e. The fourth-order valence-electron chi connectivity index (χ4n) is 1.12. The van der Waals surface area contributed by atoms with Crippen molar-refractivity contribution in [3.8, 4) is 0 Å². The van der Waals surface area contributed by atoms with E-state index in [0.29, 0.717) is 12.2 Å². The van der Waals surface area contributed by atoms with Crippen LogP contribution in [-0.4, -0.2) is 25.0 Å². The molecule has 0 aliphatic rings. The van der Waals surface area contributed by atoms with Crippen molar-refractivity contribution in [2.24, 2.45) is 7.05 Å². The molecule has 0 atom stereocenters. The molecule has 0 aliphatic heterocycles. The third kappa shape index (κ3) is 2.40. The Kier molecular flexibility index (Phi) is 3.21. The average molecular weight is 259 g/mol. The highest BCUT2D eigenvalue weighted by atomic mass is 35.5. The van der Waals surface area contributed by atoms with Crippen LogP contribution >= 0.6 is 23.2 Å². The first-order valence-corrected chi connectivity index (χ1v) is 5.18. The van der Waals surface area contributed by atoms with Gasteiger partial charge in [0.05, 0.1) is 12.2 Å². The molecule has 8 heteroatoms.